The Labute approximate surface area is 205 Å². The number of ether oxygens (including phenoxy) is 1. The number of carbonyl (C=O) groups excluding carboxylic acids is 4. The SMILES string of the molecule is COc1ccc(C(=O)CN(C(=O)c2ccc(Cl)c(Cl)c2)N2C(=O)[C@@H]3[C@@H](C2=O)[C@H]2C=C[C@H]3C2)cc1. The molecule has 34 heavy (non-hydrogen) atoms. The molecular weight excluding hydrogens is 479 g/mol. The van der Waals surface area contributed by atoms with Crippen molar-refractivity contribution in [1.29, 1.82) is 0 Å². The number of methoxy groups -OCH3 is 1. The fourth-order valence-electron chi connectivity index (χ4n) is 5.14. The molecule has 1 saturated heterocycles. The van der Waals surface area contributed by atoms with Gasteiger partial charge in [-0.15, -0.1) is 0 Å². The third kappa shape index (κ3) is 3.60. The van der Waals surface area contributed by atoms with E-state index in [0.717, 1.165) is 16.4 Å². The van der Waals surface area contributed by atoms with E-state index < -0.39 is 41.9 Å². The first-order valence-corrected chi connectivity index (χ1v) is 11.6. The molecule has 7 nitrogen and oxygen atoms in total. The van der Waals surface area contributed by atoms with E-state index in [1.165, 1.54) is 25.3 Å². The van der Waals surface area contributed by atoms with Gasteiger partial charge in [0.15, 0.2) is 5.78 Å². The van der Waals surface area contributed by atoms with Gasteiger partial charge in [-0.1, -0.05) is 35.4 Å². The molecule has 1 heterocycles. The van der Waals surface area contributed by atoms with Gasteiger partial charge < -0.3 is 4.74 Å². The lowest BCUT2D eigenvalue weighted by atomic mass is 9.85. The normalized spacial score (nSPS) is 24.5. The van der Waals surface area contributed by atoms with E-state index >= 15 is 0 Å². The number of rotatable bonds is 6. The molecule has 174 valence electrons. The van der Waals surface area contributed by atoms with Gasteiger partial charge in [0, 0.05) is 11.1 Å². The van der Waals surface area contributed by atoms with Crippen LogP contribution in [0.2, 0.25) is 10.0 Å². The number of carbonyl (C=O) groups is 4. The molecule has 1 saturated carbocycles. The Morgan fingerprint density at radius 2 is 1.53 bits per heavy atom. The zero-order chi connectivity index (χ0) is 24.1. The van der Waals surface area contributed by atoms with Crippen LogP contribution in [0.3, 0.4) is 0 Å². The molecule has 1 aliphatic heterocycles. The van der Waals surface area contributed by atoms with Crippen molar-refractivity contribution in [2.45, 2.75) is 6.42 Å². The highest BCUT2D eigenvalue weighted by Gasteiger charge is 2.61. The second-order valence-corrected chi connectivity index (χ2v) is 9.45. The lowest BCUT2D eigenvalue weighted by Crippen LogP contribution is -2.52. The Morgan fingerprint density at radius 3 is 2.09 bits per heavy atom. The van der Waals surface area contributed by atoms with Crippen LogP contribution in [-0.2, 0) is 9.59 Å². The van der Waals surface area contributed by atoms with E-state index in [1.54, 1.807) is 24.3 Å². The molecule has 4 atom stereocenters. The summed E-state index contributed by atoms with van der Waals surface area (Å²) in [4.78, 5) is 53.4. The number of hydrazine groups is 1. The molecular formula is C25H20Cl2N2O5. The summed E-state index contributed by atoms with van der Waals surface area (Å²) in [6, 6.07) is 10.6. The molecule has 0 unspecified atom stereocenters. The van der Waals surface area contributed by atoms with Crippen molar-refractivity contribution in [1.82, 2.24) is 10.0 Å². The number of fused-ring (bicyclic) bond motifs is 5. The van der Waals surface area contributed by atoms with Crippen molar-refractivity contribution < 1.29 is 23.9 Å². The summed E-state index contributed by atoms with van der Waals surface area (Å²) >= 11 is 12.1. The summed E-state index contributed by atoms with van der Waals surface area (Å²) in [6.07, 6.45) is 4.69. The van der Waals surface area contributed by atoms with Crippen LogP contribution in [-0.4, -0.2) is 47.2 Å². The smallest absolute Gasteiger partial charge is 0.273 e. The molecule has 2 fully saturated rings. The summed E-state index contributed by atoms with van der Waals surface area (Å²) in [5, 5.41) is 2.21. The molecule has 3 amide bonds. The fourth-order valence-corrected chi connectivity index (χ4v) is 5.44. The van der Waals surface area contributed by atoms with E-state index in [4.69, 9.17) is 27.9 Å². The number of allylic oxidation sites excluding steroid dienone is 2. The Bertz CT molecular complexity index is 1210. The van der Waals surface area contributed by atoms with E-state index in [9.17, 15) is 19.2 Å². The zero-order valence-electron chi connectivity index (χ0n) is 18.1. The van der Waals surface area contributed by atoms with Gasteiger partial charge in [-0.05, 0) is 60.7 Å². The molecule has 0 N–H and O–H groups in total. The molecule has 2 aliphatic carbocycles. The summed E-state index contributed by atoms with van der Waals surface area (Å²) in [5.41, 5.74) is 0.421. The maximum absolute atomic E-state index is 13.5. The van der Waals surface area contributed by atoms with Crippen molar-refractivity contribution in [3.8, 4) is 5.75 Å². The Hall–Kier alpha value is -3.16. The lowest BCUT2D eigenvalue weighted by molar-refractivity contribution is -0.154. The summed E-state index contributed by atoms with van der Waals surface area (Å²) in [5.74, 6) is -2.56. The van der Waals surface area contributed by atoms with Crippen molar-refractivity contribution in [3.63, 3.8) is 0 Å². The van der Waals surface area contributed by atoms with E-state index in [1.807, 2.05) is 12.2 Å². The molecule has 2 bridgehead atoms. The number of hydrogen-bond donors (Lipinski definition) is 0. The second kappa shape index (κ2) is 8.56. The van der Waals surface area contributed by atoms with Crippen LogP contribution in [0.1, 0.15) is 27.1 Å². The van der Waals surface area contributed by atoms with Gasteiger partial charge in [0.25, 0.3) is 17.7 Å². The maximum atomic E-state index is 13.5. The third-order valence-electron chi connectivity index (χ3n) is 6.79. The van der Waals surface area contributed by atoms with Gasteiger partial charge in [-0.2, -0.15) is 5.01 Å². The van der Waals surface area contributed by atoms with Gasteiger partial charge in [0.05, 0.1) is 29.0 Å². The second-order valence-electron chi connectivity index (χ2n) is 8.63. The topological polar surface area (TPSA) is 84.0 Å². The summed E-state index contributed by atoms with van der Waals surface area (Å²) in [6.45, 7) is -0.495. The number of nitrogens with zero attached hydrogens (tertiary/aromatic N) is 2. The average molecular weight is 499 g/mol. The van der Waals surface area contributed by atoms with Crippen molar-refractivity contribution in [2.24, 2.45) is 23.7 Å². The first-order valence-electron chi connectivity index (χ1n) is 10.8. The Balaban J connectivity index is 1.49. The molecule has 9 heteroatoms. The first-order chi connectivity index (χ1) is 16.3. The molecule has 0 spiro atoms. The van der Waals surface area contributed by atoms with E-state index in [2.05, 4.69) is 0 Å². The fraction of sp³-hybridized carbons (Fsp3) is 0.280. The molecule has 5 rings (SSSR count). The average Bonchev–Trinajstić information content (AvgIpc) is 3.53. The number of amides is 3. The molecule has 2 aromatic carbocycles. The van der Waals surface area contributed by atoms with Crippen LogP contribution in [0, 0.1) is 23.7 Å². The van der Waals surface area contributed by atoms with Crippen LogP contribution < -0.4 is 4.74 Å². The molecule has 0 radical (unpaired) electrons. The highest BCUT2D eigenvalue weighted by Crippen LogP contribution is 2.52. The minimum atomic E-state index is -0.692. The minimum Gasteiger partial charge on any atom is -0.497 e. The molecule has 3 aliphatic rings. The number of ketones is 1. The monoisotopic (exact) mass is 498 g/mol. The summed E-state index contributed by atoms with van der Waals surface area (Å²) in [7, 11) is 1.51. The first kappa shape index (κ1) is 22.6. The van der Waals surface area contributed by atoms with Crippen molar-refractivity contribution >= 4 is 46.7 Å². The summed E-state index contributed by atoms with van der Waals surface area (Å²) < 4.78 is 5.12. The Kier molecular flexibility index (Phi) is 5.70. The van der Waals surface area contributed by atoms with E-state index in [-0.39, 0.29) is 27.4 Å². The van der Waals surface area contributed by atoms with Crippen LogP contribution in [0.4, 0.5) is 0 Å². The standard InChI is InChI=1S/C25H20Cl2N2O5/c1-34-17-7-4-13(5-8-17)20(30)12-28(23(31)16-6-9-18(26)19(27)11-16)29-24(32)21-14-2-3-15(10-14)22(21)25(29)33/h2-9,11,14-15,21-22H,10,12H2,1H3/t14-,15-,21-,22-/m0/s1. The quantitative estimate of drug-likeness (QED) is 0.340. The van der Waals surface area contributed by atoms with Crippen molar-refractivity contribution in [3.05, 3.63) is 75.8 Å². The van der Waals surface area contributed by atoms with Crippen molar-refractivity contribution in [2.75, 3.05) is 13.7 Å². The molecule has 2 aromatic rings. The number of benzene rings is 2. The number of Topliss-reactive ketones (excluding diaryl/α,β-unsaturated/α-hetero) is 1. The predicted octanol–water partition coefficient (Wildman–Crippen LogP) is 4.05. The van der Waals surface area contributed by atoms with Gasteiger partial charge in [0.1, 0.15) is 12.3 Å². The minimum absolute atomic E-state index is 0.0318. The van der Waals surface area contributed by atoms with Gasteiger partial charge >= 0.3 is 0 Å². The Morgan fingerprint density at radius 1 is 0.941 bits per heavy atom. The highest BCUT2D eigenvalue weighted by molar-refractivity contribution is 6.42. The van der Waals surface area contributed by atoms with Crippen LogP contribution in [0.5, 0.6) is 5.75 Å². The largest absolute Gasteiger partial charge is 0.497 e. The van der Waals surface area contributed by atoms with Crippen LogP contribution in [0.15, 0.2) is 54.6 Å². The lowest BCUT2D eigenvalue weighted by Gasteiger charge is -2.31. The van der Waals surface area contributed by atoms with Gasteiger partial charge in [0.2, 0.25) is 0 Å². The number of halogens is 2. The van der Waals surface area contributed by atoms with E-state index in [0.29, 0.717) is 11.3 Å². The highest BCUT2D eigenvalue weighted by atomic mass is 35.5. The third-order valence-corrected chi connectivity index (χ3v) is 7.53. The maximum Gasteiger partial charge on any atom is 0.273 e. The number of imide groups is 1. The predicted molar refractivity (Wildman–Crippen MR) is 124 cm³/mol. The van der Waals surface area contributed by atoms with Gasteiger partial charge in [-0.25, -0.2) is 5.01 Å². The van der Waals surface area contributed by atoms with Crippen LogP contribution >= 0.6 is 23.2 Å². The molecule has 0 aromatic heterocycles. The van der Waals surface area contributed by atoms with Gasteiger partial charge in [-0.3, -0.25) is 19.2 Å². The number of hydrogen-bond acceptors (Lipinski definition) is 5. The zero-order valence-corrected chi connectivity index (χ0v) is 19.6. The van der Waals surface area contributed by atoms with Crippen LogP contribution in [0.25, 0.3) is 0 Å².